The molecule has 1 heterocycles. The van der Waals surface area contributed by atoms with E-state index in [1.54, 1.807) is 12.1 Å². The second kappa shape index (κ2) is 10.4. The lowest BCUT2D eigenvalue weighted by Crippen LogP contribution is -2.56. The molecule has 4 atom stereocenters. The molecule has 1 aliphatic heterocycles. The molecule has 166 valence electrons. The number of carbonyl (C=O) groups excluding carboxylic acids is 2. The largest absolute Gasteiger partial charge is 0.352 e. The average Bonchev–Trinajstić information content (AvgIpc) is 2.73. The predicted octanol–water partition coefficient (Wildman–Crippen LogP) is 2.71. The molecule has 1 aliphatic carbocycles. The lowest BCUT2D eigenvalue weighted by molar-refractivity contribution is -0.128. The summed E-state index contributed by atoms with van der Waals surface area (Å²) in [5.74, 6) is 0.856. The van der Waals surface area contributed by atoms with Gasteiger partial charge in [0.15, 0.2) is 0 Å². The van der Waals surface area contributed by atoms with E-state index in [4.69, 9.17) is 0 Å². The second-order valence-electron chi connectivity index (χ2n) is 8.93. The lowest BCUT2D eigenvalue weighted by atomic mass is 9.78. The van der Waals surface area contributed by atoms with Gasteiger partial charge in [0, 0.05) is 37.9 Å². The molecule has 2 aliphatic rings. The molecule has 0 unspecified atom stereocenters. The highest BCUT2D eigenvalue weighted by molar-refractivity contribution is 5.92. The zero-order chi connectivity index (χ0) is 21.7. The monoisotopic (exact) mass is 418 g/mol. The van der Waals surface area contributed by atoms with Crippen LogP contribution in [0.2, 0.25) is 0 Å². The number of piperazine rings is 1. The summed E-state index contributed by atoms with van der Waals surface area (Å²) in [6, 6.07) is 5.88. The second-order valence-corrected chi connectivity index (χ2v) is 8.93. The molecule has 2 N–H and O–H groups in total. The molecule has 30 heavy (non-hydrogen) atoms. The highest BCUT2D eigenvalue weighted by Crippen LogP contribution is 2.29. The van der Waals surface area contributed by atoms with Crippen molar-refractivity contribution in [2.45, 2.75) is 52.1 Å². The summed E-state index contributed by atoms with van der Waals surface area (Å²) in [6.07, 6.45) is 3.50. The van der Waals surface area contributed by atoms with Crippen LogP contribution in [-0.4, -0.2) is 66.4 Å². The van der Waals surface area contributed by atoms with E-state index < -0.39 is 0 Å². The molecule has 0 aromatic heterocycles. The number of nitrogens with one attached hydrogen (secondary N) is 2. The van der Waals surface area contributed by atoms with Gasteiger partial charge in [-0.05, 0) is 49.4 Å². The van der Waals surface area contributed by atoms with E-state index in [0.717, 1.165) is 32.6 Å². The summed E-state index contributed by atoms with van der Waals surface area (Å²) in [7, 11) is 0. The van der Waals surface area contributed by atoms with Crippen LogP contribution in [0.15, 0.2) is 24.3 Å². The normalized spacial score (nSPS) is 26.7. The summed E-state index contributed by atoms with van der Waals surface area (Å²) < 4.78 is 13.0. The van der Waals surface area contributed by atoms with Crippen molar-refractivity contribution in [3.63, 3.8) is 0 Å². The quantitative estimate of drug-likeness (QED) is 0.746. The average molecular weight is 419 g/mol. The van der Waals surface area contributed by atoms with Gasteiger partial charge in [0.1, 0.15) is 5.82 Å². The van der Waals surface area contributed by atoms with Crippen LogP contribution in [-0.2, 0) is 9.59 Å². The first-order chi connectivity index (χ1) is 14.3. The molecule has 1 aromatic carbocycles. The maximum absolute atomic E-state index is 13.0. The molecule has 6 nitrogen and oxygen atoms in total. The van der Waals surface area contributed by atoms with Crippen LogP contribution < -0.4 is 10.6 Å². The number of nitrogens with zero attached hydrogens (tertiary/aromatic N) is 2. The molecule has 3 rings (SSSR count). The third-order valence-corrected chi connectivity index (χ3v) is 6.86. The van der Waals surface area contributed by atoms with Gasteiger partial charge in [0.05, 0.1) is 12.6 Å². The molecule has 1 aromatic rings. The van der Waals surface area contributed by atoms with Crippen LogP contribution >= 0.6 is 0 Å². The van der Waals surface area contributed by atoms with Gasteiger partial charge in [-0.2, -0.15) is 0 Å². The molecular weight excluding hydrogens is 383 g/mol. The van der Waals surface area contributed by atoms with Crippen LogP contribution in [0.25, 0.3) is 0 Å². The molecule has 0 radical (unpaired) electrons. The standard InChI is InChI=1S/C23H35FN4O2/c1-16-5-4-6-21(17(16)2)26-23(30)18(3)28-13-11-27(12-14-28)15-22(29)25-20-9-7-19(24)8-10-20/h7-10,16-18,21H,4-6,11-15H2,1-3H3,(H,25,29)(H,26,30)/t16-,17+,18+,21+/m0/s1. The van der Waals surface area contributed by atoms with E-state index in [1.165, 1.54) is 25.0 Å². The van der Waals surface area contributed by atoms with Gasteiger partial charge in [-0.1, -0.05) is 26.7 Å². The first-order valence-corrected chi connectivity index (χ1v) is 11.2. The minimum Gasteiger partial charge on any atom is -0.352 e. The summed E-state index contributed by atoms with van der Waals surface area (Å²) in [5, 5.41) is 6.08. The number of anilines is 1. The maximum atomic E-state index is 13.0. The number of rotatable bonds is 6. The maximum Gasteiger partial charge on any atom is 0.238 e. The molecule has 0 spiro atoms. The van der Waals surface area contributed by atoms with Gasteiger partial charge in [-0.25, -0.2) is 4.39 Å². The van der Waals surface area contributed by atoms with Crippen molar-refractivity contribution in [3.05, 3.63) is 30.1 Å². The number of amides is 2. The number of carbonyl (C=O) groups is 2. The minimum absolute atomic E-state index is 0.110. The molecular formula is C23H35FN4O2. The van der Waals surface area contributed by atoms with Crippen molar-refractivity contribution >= 4 is 17.5 Å². The fourth-order valence-electron chi connectivity index (χ4n) is 4.50. The predicted molar refractivity (Wildman–Crippen MR) is 117 cm³/mol. The third kappa shape index (κ3) is 6.01. The minimum atomic E-state index is -0.324. The number of hydrogen-bond acceptors (Lipinski definition) is 4. The third-order valence-electron chi connectivity index (χ3n) is 6.86. The fraction of sp³-hybridized carbons (Fsp3) is 0.652. The van der Waals surface area contributed by atoms with Crippen LogP contribution in [0.5, 0.6) is 0 Å². The van der Waals surface area contributed by atoms with E-state index in [0.29, 0.717) is 24.1 Å². The molecule has 2 fully saturated rings. The van der Waals surface area contributed by atoms with Crippen LogP contribution in [0, 0.1) is 17.7 Å². The zero-order valence-electron chi connectivity index (χ0n) is 18.4. The zero-order valence-corrected chi connectivity index (χ0v) is 18.4. The Morgan fingerprint density at radius 3 is 2.43 bits per heavy atom. The van der Waals surface area contributed by atoms with Crippen molar-refractivity contribution in [2.75, 3.05) is 38.0 Å². The topological polar surface area (TPSA) is 64.7 Å². The Hall–Kier alpha value is -1.99. The summed E-state index contributed by atoms with van der Waals surface area (Å²) in [6.45, 7) is 9.79. The van der Waals surface area contributed by atoms with E-state index in [-0.39, 0.29) is 29.7 Å². The van der Waals surface area contributed by atoms with Crippen molar-refractivity contribution in [1.29, 1.82) is 0 Å². The van der Waals surface area contributed by atoms with Crippen molar-refractivity contribution in [1.82, 2.24) is 15.1 Å². The summed E-state index contributed by atoms with van der Waals surface area (Å²) >= 11 is 0. The van der Waals surface area contributed by atoms with E-state index in [9.17, 15) is 14.0 Å². The fourth-order valence-corrected chi connectivity index (χ4v) is 4.50. The van der Waals surface area contributed by atoms with Gasteiger partial charge in [-0.3, -0.25) is 19.4 Å². The van der Waals surface area contributed by atoms with Gasteiger partial charge in [-0.15, -0.1) is 0 Å². The van der Waals surface area contributed by atoms with Crippen molar-refractivity contribution < 1.29 is 14.0 Å². The smallest absolute Gasteiger partial charge is 0.238 e. The highest BCUT2D eigenvalue weighted by Gasteiger charge is 2.31. The molecule has 2 amide bonds. The summed E-state index contributed by atoms with van der Waals surface area (Å²) in [5.41, 5.74) is 0.594. The Kier molecular flexibility index (Phi) is 7.83. The van der Waals surface area contributed by atoms with Crippen LogP contribution in [0.3, 0.4) is 0 Å². The molecule has 0 bridgehead atoms. The Balaban J connectivity index is 1.41. The Morgan fingerprint density at radius 2 is 1.77 bits per heavy atom. The Morgan fingerprint density at radius 1 is 1.10 bits per heavy atom. The first kappa shape index (κ1) is 22.7. The van der Waals surface area contributed by atoms with Crippen molar-refractivity contribution in [2.24, 2.45) is 11.8 Å². The van der Waals surface area contributed by atoms with Gasteiger partial charge in [0.25, 0.3) is 0 Å². The SMILES string of the molecule is C[C@@H]1[C@@H](C)CCC[C@H]1NC(=O)[C@@H](C)N1CCN(CC(=O)Nc2ccc(F)cc2)CC1. The van der Waals surface area contributed by atoms with Crippen LogP contribution in [0.1, 0.15) is 40.0 Å². The number of hydrogen-bond donors (Lipinski definition) is 2. The van der Waals surface area contributed by atoms with E-state index in [2.05, 4.69) is 34.3 Å². The highest BCUT2D eigenvalue weighted by atomic mass is 19.1. The lowest BCUT2D eigenvalue weighted by Gasteiger charge is -2.39. The van der Waals surface area contributed by atoms with Gasteiger partial charge < -0.3 is 10.6 Å². The number of halogens is 1. The number of benzene rings is 1. The van der Waals surface area contributed by atoms with Gasteiger partial charge >= 0.3 is 0 Å². The van der Waals surface area contributed by atoms with E-state index >= 15 is 0 Å². The van der Waals surface area contributed by atoms with Crippen LogP contribution in [0.4, 0.5) is 10.1 Å². The summed E-state index contributed by atoms with van der Waals surface area (Å²) in [4.78, 5) is 29.3. The van der Waals surface area contributed by atoms with Gasteiger partial charge in [0.2, 0.25) is 11.8 Å². The molecule has 7 heteroatoms. The Bertz CT molecular complexity index is 718. The first-order valence-electron chi connectivity index (χ1n) is 11.2. The van der Waals surface area contributed by atoms with Crippen molar-refractivity contribution in [3.8, 4) is 0 Å². The molecule has 1 saturated carbocycles. The van der Waals surface area contributed by atoms with E-state index in [1.807, 2.05) is 6.92 Å². The molecule has 1 saturated heterocycles. The Labute approximate surface area is 179 Å².